The number of ketones is 2. The molecule has 6 rings (SSSR count). The number of thiazole rings is 1. The summed E-state index contributed by atoms with van der Waals surface area (Å²) in [4.78, 5) is 42.8. The molecule has 0 radical (unpaired) electrons. The average Bonchev–Trinajstić information content (AvgIpc) is 3.16. The van der Waals surface area contributed by atoms with Gasteiger partial charge in [-0.1, -0.05) is 77.7 Å². The second-order valence-electron chi connectivity index (χ2n) is 7.41. The standard InChI is InChI=1S/C24H13NO4S2/c26-15-10-9-11-5-1-2-6-12(11)16(15)17-18-19(27)13-7-3-4-8-14(13)20(28)21(18)30-23-22(17)31-24(29)25-23/h1-10,17,26H,(H,25,29). The van der Waals surface area contributed by atoms with Crippen LogP contribution in [-0.2, 0) is 0 Å². The first-order valence-corrected chi connectivity index (χ1v) is 11.2. The highest BCUT2D eigenvalue weighted by Crippen LogP contribution is 2.54. The zero-order valence-corrected chi connectivity index (χ0v) is 17.5. The van der Waals surface area contributed by atoms with Crippen LogP contribution in [0.1, 0.15) is 37.1 Å². The molecule has 3 aromatic carbocycles. The van der Waals surface area contributed by atoms with Crippen LogP contribution in [0, 0.1) is 0 Å². The first-order chi connectivity index (χ1) is 15.0. The van der Waals surface area contributed by atoms with Crippen molar-refractivity contribution in [1.29, 1.82) is 0 Å². The van der Waals surface area contributed by atoms with Gasteiger partial charge in [0.05, 0.1) is 20.7 Å². The van der Waals surface area contributed by atoms with Crippen LogP contribution in [0.4, 0.5) is 0 Å². The van der Waals surface area contributed by atoms with Gasteiger partial charge in [0.25, 0.3) is 0 Å². The largest absolute Gasteiger partial charge is 0.508 e. The van der Waals surface area contributed by atoms with Gasteiger partial charge in [-0.3, -0.25) is 14.4 Å². The summed E-state index contributed by atoms with van der Waals surface area (Å²) in [5.41, 5.74) is 1.56. The van der Waals surface area contributed by atoms with Crippen LogP contribution in [0.2, 0.25) is 0 Å². The number of allylic oxidation sites excluding steroid dienone is 2. The highest BCUT2D eigenvalue weighted by molar-refractivity contribution is 8.04. The first-order valence-electron chi connectivity index (χ1n) is 9.58. The Kier molecular flexibility index (Phi) is 3.87. The van der Waals surface area contributed by atoms with Crippen LogP contribution in [-0.4, -0.2) is 21.7 Å². The third-order valence-electron chi connectivity index (χ3n) is 5.75. The summed E-state index contributed by atoms with van der Waals surface area (Å²) in [6.45, 7) is 0. The number of aromatic amines is 1. The van der Waals surface area contributed by atoms with Crippen molar-refractivity contribution in [1.82, 2.24) is 4.98 Å². The van der Waals surface area contributed by atoms with E-state index in [9.17, 15) is 19.5 Å². The molecular weight excluding hydrogens is 430 g/mol. The van der Waals surface area contributed by atoms with E-state index in [2.05, 4.69) is 4.98 Å². The summed E-state index contributed by atoms with van der Waals surface area (Å²) in [5, 5.41) is 13.1. The van der Waals surface area contributed by atoms with Crippen LogP contribution in [0.5, 0.6) is 5.75 Å². The van der Waals surface area contributed by atoms with Gasteiger partial charge in [-0.2, -0.15) is 0 Å². The number of phenolic OH excluding ortho intramolecular Hbond substituents is 1. The fourth-order valence-electron chi connectivity index (χ4n) is 4.42. The number of H-pyrrole nitrogens is 1. The third-order valence-corrected chi connectivity index (χ3v) is 7.96. The van der Waals surface area contributed by atoms with E-state index in [1.165, 1.54) is 0 Å². The van der Waals surface area contributed by atoms with Gasteiger partial charge < -0.3 is 10.1 Å². The Morgan fingerprint density at radius 3 is 2.35 bits per heavy atom. The maximum Gasteiger partial charge on any atom is 0.305 e. The lowest BCUT2D eigenvalue weighted by molar-refractivity contribution is 0.0977. The normalized spacial score (nSPS) is 17.5. The molecule has 31 heavy (non-hydrogen) atoms. The van der Waals surface area contributed by atoms with Gasteiger partial charge in [-0.05, 0) is 16.8 Å². The summed E-state index contributed by atoms with van der Waals surface area (Å²) in [5.74, 6) is -1.18. The maximum atomic E-state index is 13.7. The number of rotatable bonds is 1. The molecule has 4 aromatic rings. The van der Waals surface area contributed by atoms with Crippen molar-refractivity contribution in [2.24, 2.45) is 0 Å². The predicted octanol–water partition coefficient (Wildman–Crippen LogP) is 4.87. The molecule has 5 nitrogen and oxygen atoms in total. The number of hydrogen-bond acceptors (Lipinski definition) is 6. The zero-order valence-electron chi connectivity index (χ0n) is 15.8. The van der Waals surface area contributed by atoms with Gasteiger partial charge in [-0.25, -0.2) is 0 Å². The lowest BCUT2D eigenvalue weighted by atomic mass is 9.78. The Hall–Kier alpha value is -3.42. The van der Waals surface area contributed by atoms with E-state index in [1.807, 2.05) is 30.3 Å². The Labute approximate surface area is 184 Å². The van der Waals surface area contributed by atoms with Crippen molar-refractivity contribution in [3.8, 4) is 5.75 Å². The van der Waals surface area contributed by atoms with Crippen molar-refractivity contribution < 1.29 is 14.7 Å². The molecule has 1 aliphatic carbocycles. The summed E-state index contributed by atoms with van der Waals surface area (Å²) in [7, 11) is 0. The van der Waals surface area contributed by atoms with Gasteiger partial charge in [0.15, 0.2) is 5.78 Å². The van der Waals surface area contributed by atoms with E-state index in [-0.39, 0.29) is 22.2 Å². The average molecular weight is 444 g/mol. The molecule has 2 N–H and O–H groups in total. The molecule has 1 aromatic heterocycles. The van der Waals surface area contributed by atoms with Crippen LogP contribution < -0.4 is 4.87 Å². The summed E-state index contributed by atoms with van der Waals surface area (Å²) >= 11 is 2.14. The van der Waals surface area contributed by atoms with Crippen LogP contribution in [0.3, 0.4) is 0 Å². The van der Waals surface area contributed by atoms with Gasteiger partial charge >= 0.3 is 4.87 Å². The van der Waals surface area contributed by atoms with Gasteiger partial charge in [0, 0.05) is 22.3 Å². The molecule has 0 saturated carbocycles. The number of benzene rings is 3. The number of aromatic hydroxyl groups is 1. The second-order valence-corrected chi connectivity index (χ2v) is 9.44. The van der Waals surface area contributed by atoms with Gasteiger partial charge in [0.1, 0.15) is 5.75 Å². The number of hydrogen-bond donors (Lipinski definition) is 2. The lowest BCUT2D eigenvalue weighted by Gasteiger charge is -2.31. The molecule has 1 atom stereocenters. The fourth-order valence-corrected chi connectivity index (χ4v) is 6.68. The first kappa shape index (κ1) is 18.4. The lowest BCUT2D eigenvalue weighted by Crippen LogP contribution is -2.27. The molecule has 0 saturated heterocycles. The van der Waals surface area contributed by atoms with E-state index in [4.69, 9.17) is 0 Å². The van der Waals surface area contributed by atoms with Crippen LogP contribution in [0.25, 0.3) is 10.8 Å². The second kappa shape index (κ2) is 6.54. The summed E-state index contributed by atoms with van der Waals surface area (Å²) < 4.78 is 0. The number of nitrogens with one attached hydrogen (secondary N) is 1. The Balaban J connectivity index is 1.72. The molecular formula is C24H13NO4S2. The molecule has 7 heteroatoms. The monoisotopic (exact) mass is 443 g/mol. The maximum absolute atomic E-state index is 13.7. The molecule has 0 fully saturated rings. The fraction of sp³-hybridized carbons (Fsp3) is 0.0417. The molecule has 1 aliphatic heterocycles. The molecule has 2 aliphatic rings. The van der Waals surface area contributed by atoms with Crippen molar-refractivity contribution >= 4 is 45.4 Å². The van der Waals surface area contributed by atoms with Crippen LogP contribution >= 0.6 is 23.1 Å². The summed E-state index contributed by atoms with van der Waals surface area (Å²) in [6, 6.07) is 17.7. The highest BCUT2D eigenvalue weighted by atomic mass is 32.2. The van der Waals surface area contributed by atoms with Gasteiger partial charge in [0.2, 0.25) is 5.78 Å². The molecule has 2 heterocycles. The highest BCUT2D eigenvalue weighted by Gasteiger charge is 2.44. The molecule has 150 valence electrons. The SMILES string of the molecule is O=C1C2=C(C(=O)c3ccccc31)C(c1c(O)ccc3ccccc13)c1sc(=O)[nH]c1S2. The smallest absolute Gasteiger partial charge is 0.305 e. The number of fused-ring (bicyclic) bond motifs is 3. The number of aromatic nitrogens is 1. The summed E-state index contributed by atoms with van der Waals surface area (Å²) in [6.07, 6.45) is 0. The van der Waals surface area contributed by atoms with Gasteiger partial charge in [-0.15, -0.1) is 0 Å². The third kappa shape index (κ3) is 2.54. The van der Waals surface area contributed by atoms with Crippen molar-refractivity contribution in [2.75, 3.05) is 0 Å². The van der Waals surface area contributed by atoms with Crippen molar-refractivity contribution in [3.05, 3.63) is 102 Å². The quantitative estimate of drug-likeness (QED) is 0.438. The topological polar surface area (TPSA) is 87.2 Å². The van der Waals surface area contributed by atoms with Crippen LogP contribution in [0.15, 0.2) is 81.0 Å². The zero-order chi connectivity index (χ0) is 21.3. The number of carbonyl (C=O) groups is 2. The molecule has 1 unspecified atom stereocenters. The van der Waals surface area contributed by atoms with E-state index in [1.54, 1.807) is 30.3 Å². The number of thioether (sulfide) groups is 1. The van der Waals surface area contributed by atoms with E-state index in [0.29, 0.717) is 37.1 Å². The Morgan fingerprint density at radius 2 is 1.55 bits per heavy atom. The van der Waals surface area contributed by atoms with E-state index in [0.717, 1.165) is 33.9 Å². The minimum atomic E-state index is -0.717. The minimum absolute atomic E-state index is 0.0216. The molecule has 0 spiro atoms. The molecule has 0 amide bonds. The number of carbonyl (C=O) groups excluding carboxylic acids is 2. The number of Topliss-reactive ketones (excluding diaryl/α,β-unsaturated/α-hetero) is 2. The number of phenols is 1. The predicted molar refractivity (Wildman–Crippen MR) is 120 cm³/mol. The Bertz CT molecular complexity index is 1540. The van der Waals surface area contributed by atoms with E-state index >= 15 is 0 Å². The van der Waals surface area contributed by atoms with Crippen molar-refractivity contribution in [3.63, 3.8) is 0 Å². The molecule has 0 bridgehead atoms. The van der Waals surface area contributed by atoms with Crippen molar-refractivity contribution in [2.45, 2.75) is 10.9 Å². The van der Waals surface area contributed by atoms with E-state index < -0.39 is 5.92 Å². The minimum Gasteiger partial charge on any atom is -0.508 e. The Morgan fingerprint density at radius 1 is 0.839 bits per heavy atom.